The van der Waals surface area contributed by atoms with Crippen molar-refractivity contribution in [2.24, 2.45) is 0 Å². The lowest BCUT2D eigenvalue weighted by molar-refractivity contribution is -0.141. The molecule has 3 aromatic rings. The van der Waals surface area contributed by atoms with Gasteiger partial charge in [-0.25, -0.2) is 14.8 Å². The molecule has 10 heteroatoms. The lowest BCUT2D eigenvalue weighted by Crippen LogP contribution is -2.10. The third-order valence-corrected chi connectivity index (χ3v) is 4.47. The Morgan fingerprint density at radius 1 is 1.18 bits per heavy atom. The molecule has 0 aliphatic rings. The van der Waals surface area contributed by atoms with E-state index >= 15 is 0 Å². The van der Waals surface area contributed by atoms with Gasteiger partial charge in [-0.05, 0) is 42.5 Å². The minimum Gasteiger partial charge on any atom is -0.497 e. The highest BCUT2D eigenvalue weighted by atomic mass is 32.2. The quantitative estimate of drug-likeness (QED) is 0.463. The molecule has 0 aliphatic carbocycles. The molecular formula is C18H13F3N2O4S. The fraction of sp³-hybridized carbons (Fsp3) is 0.167. The lowest BCUT2D eigenvalue weighted by Gasteiger charge is -2.10. The summed E-state index contributed by atoms with van der Waals surface area (Å²) in [4.78, 5) is 18.6. The first-order valence-corrected chi connectivity index (χ1v) is 8.80. The summed E-state index contributed by atoms with van der Waals surface area (Å²) in [7, 11) is 1.49. The summed E-state index contributed by atoms with van der Waals surface area (Å²) < 4.78 is 49.8. The first-order valence-electron chi connectivity index (χ1n) is 7.82. The molecule has 1 aromatic carbocycles. The Kier molecular flexibility index (Phi) is 5.59. The normalized spacial score (nSPS) is 11.4. The molecular weight excluding hydrogens is 397 g/mol. The average molecular weight is 410 g/mol. The van der Waals surface area contributed by atoms with Gasteiger partial charge in [-0.1, -0.05) is 11.8 Å². The number of alkyl halides is 3. The van der Waals surface area contributed by atoms with E-state index in [1.165, 1.54) is 19.2 Å². The number of furan rings is 1. The molecule has 146 valence electrons. The standard InChI is InChI=1S/C18H13F3N2O4S/c1-26-11-4-2-10(3-5-11)13-8-15(18(19,20)21)23-17(22-13)28-9-12-6-7-14(27-12)16(24)25/h2-8H,9H2,1H3,(H,24,25). The number of carbonyl (C=O) groups is 1. The number of carboxylic acid groups (broad SMARTS) is 1. The zero-order valence-corrected chi connectivity index (χ0v) is 15.2. The van der Waals surface area contributed by atoms with Crippen molar-refractivity contribution in [3.63, 3.8) is 0 Å². The van der Waals surface area contributed by atoms with Crippen molar-refractivity contribution < 1.29 is 32.2 Å². The van der Waals surface area contributed by atoms with Gasteiger partial charge in [-0.3, -0.25) is 0 Å². The number of rotatable bonds is 6. The minimum absolute atomic E-state index is 0.0800. The van der Waals surface area contributed by atoms with Crippen molar-refractivity contribution in [1.82, 2.24) is 9.97 Å². The number of thioether (sulfide) groups is 1. The summed E-state index contributed by atoms with van der Waals surface area (Å²) in [6.45, 7) is 0. The van der Waals surface area contributed by atoms with Crippen molar-refractivity contribution in [1.29, 1.82) is 0 Å². The Morgan fingerprint density at radius 2 is 1.89 bits per heavy atom. The fourth-order valence-electron chi connectivity index (χ4n) is 2.25. The maximum Gasteiger partial charge on any atom is 0.433 e. The van der Waals surface area contributed by atoms with Crippen molar-refractivity contribution in [3.05, 3.63) is 59.7 Å². The second-order valence-corrected chi connectivity index (χ2v) is 6.45. The monoisotopic (exact) mass is 410 g/mol. The molecule has 0 unspecified atom stereocenters. The Balaban J connectivity index is 1.89. The third kappa shape index (κ3) is 4.63. The van der Waals surface area contributed by atoms with Crippen molar-refractivity contribution >= 4 is 17.7 Å². The molecule has 0 fully saturated rings. The molecule has 0 aliphatic heterocycles. The second-order valence-electron chi connectivity index (χ2n) is 5.51. The van der Waals surface area contributed by atoms with Crippen molar-refractivity contribution in [3.8, 4) is 17.0 Å². The highest BCUT2D eigenvalue weighted by Crippen LogP contribution is 2.33. The van der Waals surface area contributed by atoms with E-state index in [-0.39, 0.29) is 28.1 Å². The minimum atomic E-state index is -4.64. The summed E-state index contributed by atoms with van der Waals surface area (Å²) >= 11 is 0.912. The maximum absolute atomic E-state index is 13.2. The molecule has 0 radical (unpaired) electrons. The highest BCUT2D eigenvalue weighted by molar-refractivity contribution is 7.98. The number of carboxylic acids is 1. The molecule has 3 rings (SSSR count). The zero-order valence-electron chi connectivity index (χ0n) is 14.4. The van der Waals surface area contributed by atoms with E-state index in [1.807, 2.05) is 0 Å². The number of aromatic carboxylic acids is 1. The molecule has 0 bridgehead atoms. The Bertz CT molecular complexity index is 987. The van der Waals surface area contributed by atoms with Gasteiger partial charge in [-0.15, -0.1) is 0 Å². The first-order chi connectivity index (χ1) is 13.3. The van der Waals surface area contributed by atoms with E-state index in [4.69, 9.17) is 14.3 Å². The Labute approximate surface area is 161 Å². The summed E-state index contributed by atoms with van der Waals surface area (Å²) in [6, 6.07) is 10.0. The van der Waals surface area contributed by atoms with Gasteiger partial charge in [0, 0.05) is 5.56 Å². The number of hydrogen-bond donors (Lipinski definition) is 1. The van der Waals surface area contributed by atoms with Gasteiger partial charge >= 0.3 is 12.1 Å². The van der Waals surface area contributed by atoms with Gasteiger partial charge in [-0.2, -0.15) is 13.2 Å². The molecule has 0 saturated carbocycles. The van der Waals surface area contributed by atoms with E-state index < -0.39 is 17.8 Å². The van der Waals surface area contributed by atoms with Crippen LogP contribution in [0.25, 0.3) is 11.3 Å². The number of aromatic nitrogens is 2. The molecule has 0 spiro atoms. The van der Waals surface area contributed by atoms with Crippen LogP contribution in [0.2, 0.25) is 0 Å². The number of halogens is 3. The van der Waals surface area contributed by atoms with Gasteiger partial charge in [0.15, 0.2) is 5.16 Å². The van der Waals surface area contributed by atoms with Crippen LogP contribution in [0.15, 0.2) is 52.0 Å². The SMILES string of the molecule is COc1ccc(-c2cc(C(F)(F)F)nc(SCc3ccc(C(=O)O)o3)n2)cc1. The van der Waals surface area contributed by atoms with Crippen LogP contribution in [0.1, 0.15) is 22.0 Å². The van der Waals surface area contributed by atoms with Gasteiger partial charge < -0.3 is 14.3 Å². The summed E-state index contributed by atoms with van der Waals surface area (Å²) in [5.74, 6) is -0.547. The maximum atomic E-state index is 13.2. The van der Waals surface area contributed by atoms with Crippen molar-refractivity contribution in [2.75, 3.05) is 7.11 Å². The van der Waals surface area contributed by atoms with E-state index in [9.17, 15) is 18.0 Å². The Morgan fingerprint density at radius 3 is 2.46 bits per heavy atom. The highest BCUT2D eigenvalue weighted by Gasteiger charge is 2.34. The van der Waals surface area contributed by atoms with Gasteiger partial charge in [0.2, 0.25) is 5.76 Å². The third-order valence-electron chi connectivity index (χ3n) is 3.60. The molecule has 1 N–H and O–H groups in total. The summed E-state index contributed by atoms with van der Waals surface area (Å²) in [5.41, 5.74) is -0.485. The molecule has 0 atom stereocenters. The van der Waals surface area contributed by atoms with Crippen LogP contribution >= 0.6 is 11.8 Å². The predicted molar refractivity (Wildman–Crippen MR) is 94.3 cm³/mol. The van der Waals surface area contributed by atoms with Gasteiger partial charge in [0.1, 0.15) is 17.2 Å². The summed E-state index contributed by atoms with van der Waals surface area (Å²) in [6.07, 6.45) is -4.64. The van der Waals surface area contributed by atoms with Crippen molar-refractivity contribution in [2.45, 2.75) is 17.1 Å². The molecule has 2 heterocycles. The van der Waals surface area contributed by atoms with E-state index in [2.05, 4.69) is 9.97 Å². The zero-order chi connectivity index (χ0) is 20.3. The van der Waals surface area contributed by atoms with Crippen LogP contribution in [0.4, 0.5) is 13.2 Å². The van der Waals surface area contributed by atoms with Gasteiger partial charge in [0.25, 0.3) is 0 Å². The van der Waals surface area contributed by atoms with E-state index in [1.54, 1.807) is 24.3 Å². The smallest absolute Gasteiger partial charge is 0.433 e. The van der Waals surface area contributed by atoms with E-state index in [0.29, 0.717) is 11.3 Å². The van der Waals surface area contributed by atoms with Crippen LogP contribution < -0.4 is 4.74 Å². The van der Waals surface area contributed by atoms with Crippen LogP contribution in [0.5, 0.6) is 5.75 Å². The van der Waals surface area contributed by atoms with Crippen LogP contribution in [0.3, 0.4) is 0 Å². The number of hydrogen-bond acceptors (Lipinski definition) is 6. The van der Waals surface area contributed by atoms with Crippen LogP contribution in [0, 0.1) is 0 Å². The molecule has 28 heavy (non-hydrogen) atoms. The molecule has 0 amide bonds. The van der Waals surface area contributed by atoms with Gasteiger partial charge in [0.05, 0.1) is 18.6 Å². The number of benzene rings is 1. The molecule has 2 aromatic heterocycles. The lowest BCUT2D eigenvalue weighted by atomic mass is 10.1. The summed E-state index contributed by atoms with van der Waals surface area (Å²) in [5, 5.41) is 8.75. The van der Waals surface area contributed by atoms with Crippen LogP contribution in [-0.4, -0.2) is 28.2 Å². The largest absolute Gasteiger partial charge is 0.497 e. The number of nitrogens with zero attached hydrogens (tertiary/aromatic N) is 2. The average Bonchev–Trinajstić information content (AvgIpc) is 3.15. The fourth-order valence-corrected chi connectivity index (χ4v) is 3.00. The number of ether oxygens (including phenoxy) is 1. The second kappa shape index (κ2) is 7.93. The Hall–Kier alpha value is -3.01. The molecule has 6 nitrogen and oxygen atoms in total. The number of methoxy groups -OCH3 is 1. The predicted octanol–water partition coefficient (Wildman–Crippen LogP) is 4.75. The van der Waals surface area contributed by atoms with Crippen LogP contribution in [-0.2, 0) is 11.9 Å². The van der Waals surface area contributed by atoms with E-state index in [0.717, 1.165) is 17.8 Å². The first kappa shape index (κ1) is 19.7. The molecule has 0 saturated heterocycles. The topological polar surface area (TPSA) is 85.5 Å².